The van der Waals surface area contributed by atoms with Gasteiger partial charge in [0.25, 0.3) is 0 Å². The smallest absolute Gasteiger partial charge is 0.319 e. The van der Waals surface area contributed by atoms with E-state index in [1.54, 1.807) is 7.05 Å². The third-order valence-corrected chi connectivity index (χ3v) is 1.57. The molecule has 0 heterocycles. The molecule has 0 rings (SSSR count). The fourth-order valence-corrected chi connectivity index (χ4v) is 1.08. The summed E-state index contributed by atoms with van der Waals surface area (Å²) in [4.78, 5) is 16.6. The highest BCUT2D eigenvalue weighted by Crippen LogP contribution is 2.35. The van der Waals surface area contributed by atoms with Gasteiger partial charge in [0.1, 0.15) is 0 Å². The second-order valence-corrected chi connectivity index (χ2v) is 3.69. The van der Waals surface area contributed by atoms with Crippen molar-refractivity contribution in [3.63, 3.8) is 0 Å². The first-order valence-electron chi connectivity index (χ1n) is 3.30. The normalized spacial score (nSPS) is 14.9. The van der Waals surface area contributed by atoms with E-state index >= 15 is 0 Å². The Bertz CT molecular complexity index is 145. The molecule has 0 fully saturated rings. The molecule has 0 spiro atoms. The fourth-order valence-electron chi connectivity index (χ4n) is 0.632. The van der Waals surface area contributed by atoms with Crippen LogP contribution < -0.4 is 5.32 Å². The maximum atomic E-state index is 10.2. The molecule has 1 atom stereocenters. The third-order valence-electron chi connectivity index (χ3n) is 1.08. The van der Waals surface area contributed by atoms with Crippen LogP contribution in [0.1, 0.15) is 6.92 Å². The Kier molecular flexibility index (Phi) is 4.88. The molecule has 0 aromatic rings. The number of nitrogens with one attached hydrogen (secondary N) is 1. The van der Waals surface area contributed by atoms with Crippen molar-refractivity contribution in [2.75, 3.05) is 20.2 Å². The molecule has 3 N–H and O–H groups in total. The topological polar surface area (TPSA) is 78.8 Å². The van der Waals surface area contributed by atoms with E-state index in [1.165, 1.54) is 0 Å². The summed E-state index contributed by atoms with van der Waals surface area (Å²) in [6, 6.07) is 0. The Balaban J connectivity index is 3.46. The predicted molar refractivity (Wildman–Crippen MR) is 41.1 cm³/mol. The minimum Gasteiger partial charge on any atom is -0.319 e. The van der Waals surface area contributed by atoms with Crippen molar-refractivity contribution < 1.29 is 18.9 Å². The summed E-state index contributed by atoms with van der Waals surface area (Å²) in [5.41, 5.74) is 0. The number of phosphoric acid groups is 1. The Morgan fingerprint density at radius 2 is 2.18 bits per heavy atom. The highest BCUT2D eigenvalue weighted by atomic mass is 31.2. The van der Waals surface area contributed by atoms with Gasteiger partial charge in [-0.25, -0.2) is 4.57 Å². The second kappa shape index (κ2) is 4.85. The van der Waals surface area contributed by atoms with Gasteiger partial charge in [0, 0.05) is 0 Å². The highest BCUT2D eigenvalue weighted by Gasteiger charge is 2.15. The van der Waals surface area contributed by atoms with Gasteiger partial charge in [-0.15, -0.1) is 0 Å². The Morgan fingerprint density at radius 3 is 2.55 bits per heavy atom. The zero-order valence-corrected chi connectivity index (χ0v) is 7.54. The molecule has 11 heavy (non-hydrogen) atoms. The zero-order chi connectivity index (χ0) is 8.91. The van der Waals surface area contributed by atoms with Crippen molar-refractivity contribution in [3.05, 3.63) is 0 Å². The molecule has 0 aliphatic heterocycles. The second-order valence-electron chi connectivity index (χ2n) is 2.45. The summed E-state index contributed by atoms with van der Waals surface area (Å²) in [6.45, 7) is 2.59. The average molecular weight is 183 g/mol. The Labute approximate surface area is 66.0 Å². The van der Waals surface area contributed by atoms with Gasteiger partial charge >= 0.3 is 7.82 Å². The van der Waals surface area contributed by atoms with Crippen LogP contribution in [0.25, 0.3) is 0 Å². The van der Waals surface area contributed by atoms with Crippen molar-refractivity contribution in [2.45, 2.75) is 6.92 Å². The molecule has 6 heteroatoms. The van der Waals surface area contributed by atoms with Gasteiger partial charge in [0.15, 0.2) is 0 Å². The standard InChI is InChI=1S/C5H14NO4P/c1-5(3-6-2)4-10-11(7,8)9/h5-6H,3-4H2,1-2H3,(H2,7,8,9). The molecule has 0 saturated carbocycles. The largest absolute Gasteiger partial charge is 0.469 e. The number of phosphoric ester groups is 1. The molecule has 0 radical (unpaired) electrons. The van der Waals surface area contributed by atoms with Gasteiger partial charge in [0.05, 0.1) is 6.61 Å². The van der Waals surface area contributed by atoms with E-state index in [1.807, 2.05) is 6.92 Å². The van der Waals surface area contributed by atoms with Crippen molar-refractivity contribution in [1.82, 2.24) is 5.32 Å². The monoisotopic (exact) mass is 183 g/mol. The molecular weight excluding hydrogens is 169 g/mol. The maximum Gasteiger partial charge on any atom is 0.469 e. The lowest BCUT2D eigenvalue weighted by molar-refractivity contribution is 0.172. The molecule has 0 saturated heterocycles. The predicted octanol–water partition coefficient (Wildman–Crippen LogP) is -0.0488. The zero-order valence-electron chi connectivity index (χ0n) is 6.65. The molecule has 68 valence electrons. The van der Waals surface area contributed by atoms with Gasteiger partial charge in [0.2, 0.25) is 0 Å². The summed E-state index contributed by atoms with van der Waals surface area (Å²) < 4.78 is 14.5. The highest BCUT2D eigenvalue weighted by molar-refractivity contribution is 7.46. The Morgan fingerprint density at radius 1 is 1.64 bits per heavy atom. The van der Waals surface area contributed by atoms with E-state index < -0.39 is 7.82 Å². The van der Waals surface area contributed by atoms with Gasteiger partial charge in [-0.3, -0.25) is 4.52 Å². The van der Waals surface area contributed by atoms with Crippen LogP contribution in [-0.4, -0.2) is 30.0 Å². The molecule has 0 bridgehead atoms. The molecule has 0 aliphatic rings. The first kappa shape index (κ1) is 11.1. The Hall–Kier alpha value is 0.0700. The van der Waals surface area contributed by atoms with Crippen molar-refractivity contribution in [2.24, 2.45) is 5.92 Å². The van der Waals surface area contributed by atoms with Crippen LogP contribution in [0.5, 0.6) is 0 Å². The average Bonchev–Trinajstić information content (AvgIpc) is 1.83. The minimum atomic E-state index is -4.27. The molecule has 0 aromatic carbocycles. The third kappa shape index (κ3) is 7.97. The number of hydrogen-bond donors (Lipinski definition) is 3. The van der Waals surface area contributed by atoms with Crippen LogP contribution in [0.4, 0.5) is 0 Å². The summed E-state index contributed by atoms with van der Waals surface area (Å²) in [6.07, 6.45) is 0. The summed E-state index contributed by atoms with van der Waals surface area (Å²) >= 11 is 0. The summed E-state index contributed by atoms with van der Waals surface area (Å²) in [5.74, 6) is 0.104. The van der Waals surface area contributed by atoms with Crippen LogP contribution in [0, 0.1) is 5.92 Å². The van der Waals surface area contributed by atoms with Crippen LogP contribution in [0.15, 0.2) is 0 Å². The summed E-state index contributed by atoms with van der Waals surface area (Å²) in [5, 5.41) is 2.87. The van der Waals surface area contributed by atoms with Gasteiger partial charge in [-0.2, -0.15) is 0 Å². The van der Waals surface area contributed by atoms with Crippen LogP contribution >= 0.6 is 7.82 Å². The van der Waals surface area contributed by atoms with Crippen molar-refractivity contribution in [1.29, 1.82) is 0 Å². The molecule has 0 aromatic heterocycles. The van der Waals surface area contributed by atoms with Crippen LogP contribution in [-0.2, 0) is 9.09 Å². The van der Waals surface area contributed by atoms with Gasteiger partial charge < -0.3 is 15.1 Å². The fraction of sp³-hybridized carbons (Fsp3) is 1.00. The van der Waals surface area contributed by atoms with Gasteiger partial charge in [-0.1, -0.05) is 6.92 Å². The minimum absolute atomic E-state index is 0.0745. The van der Waals surface area contributed by atoms with E-state index in [0.29, 0.717) is 6.54 Å². The van der Waals surface area contributed by atoms with E-state index in [2.05, 4.69) is 9.84 Å². The van der Waals surface area contributed by atoms with Crippen LogP contribution in [0.2, 0.25) is 0 Å². The SMILES string of the molecule is CNCC(C)COP(=O)(O)O. The molecule has 0 amide bonds. The maximum absolute atomic E-state index is 10.2. The number of hydrogen-bond acceptors (Lipinski definition) is 3. The number of rotatable bonds is 5. The van der Waals surface area contributed by atoms with E-state index in [0.717, 1.165) is 0 Å². The summed E-state index contributed by atoms with van der Waals surface area (Å²) in [7, 11) is -2.50. The molecule has 5 nitrogen and oxygen atoms in total. The lowest BCUT2D eigenvalue weighted by Gasteiger charge is -2.11. The first-order chi connectivity index (χ1) is 4.95. The van der Waals surface area contributed by atoms with Crippen molar-refractivity contribution >= 4 is 7.82 Å². The quantitative estimate of drug-likeness (QED) is 0.521. The van der Waals surface area contributed by atoms with E-state index in [9.17, 15) is 4.57 Å². The first-order valence-corrected chi connectivity index (χ1v) is 4.83. The molecule has 1 unspecified atom stereocenters. The molecule has 0 aliphatic carbocycles. The van der Waals surface area contributed by atoms with Gasteiger partial charge in [-0.05, 0) is 19.5 Å². The lowest BCUT2D eigenvalue weighted by Crippen LogP contribution is -2.19. The van der Waals surface area contributed by atoms with E-state index in [-0.39, 0.29) is 12.5 Å². The molecular formula is C5H14NO4P. The van der Waals surface area contributed by atoms with Crippen LogP contribution in [0.3, 0.4) is 0 Å². The lowest BCUT2D eigenvalue weighted by atomic mass is 10.2. The van der Waals surface area contributed by atoms with E-state index in [4.69, 9.17) is 9.79 Å². The van der Waals surface area contributed by atoms with Crippen molar-refractivity contribution in [3.8, 4) is 0 Å².